The second kappa shape index (κ2) is 16.5. The van der Waals surface area contributed by atoms with Crippen LogP contribution in [0.2, 0.25) is 5.02 Å². The molecule has 0 aliphatic heterocycles. The summed E-state index contributed by atoms with van der Waals surface area (Å²) in [6, 6.07) is 16.6. The first-order valence-corrected chi connectivity index (χ1v) is 17.4. The quantitative estimate of drug-likeness (QED) is 0.0929. The lowest BCUT2D eigenvalue weighted by Gasteiger charge is -2.24. The zero-order chi connectivity index (χ0) is 34.3. The molecule has 2 aliphatic carbocycles. The molecule has 2 saturated carbocycles. The minimum atomic E-state index is -1.92. The zero-order valence-electron chi connectivity index (χ0n) is 27.4. The number of hydrogen-bond acceptors (Lipinski definition) is 9. The van der Waals surface area contributed by atoms with Gasteiger partial charge in [0.1, 0.15) is 24.1 Å². The van der Waals surface area contributed by atoms with Gasteiger partial charge in [-0.1, -0.05) is 61.7 Å². The van der Waals surface area contributed by atoms with Crippen molar-refractivity contribution in [2.75, 3.05) is 13.2 Å². The summed E-state index contributed by atoms with van der Waals surface area (Å²) in [6.07, 6.45) is 4.44. The number of benzene rings is 2. The van der Waals surface area contributed by atoms with E-state index in [1.807, 2.05) is 24.5 Å². The van der Waals surface area contributed by atoms with Crippen LogP contribution in [0.25, 0.3) is 11.1 Å². The monoisotopic (exact) mass is 681 g/mol. The molecule has 2 aromatic carbocycles. The van der Waals surface area contributed by atoms with E-state index in [0.29, 0.717) is 31.5 Å². The Morgan fingerprint density at radius 2 is 1.79 bits per heavy atom. The maximum atomic E-state index is 12.1. The number of aliphatic hydroxyl groups excluding tert-OH is 5. The summed E-state index contributed by atoms with van der Waals surface area (Å²) in [5, 5.41) is 54.9. The first-order chi connectivity index (χ1) is 23.1. The van der Waals surface area contributed by atoms with E-state index < -0.39 is 36.9 Å². The number of halogens is 1. The Morgan fingerprint density at radius 3 is 2.52 bits per heavy atom. The molecule has 0 radical (unpaired) electrons. The van der Waals surface area contributed by atoms with Crippen LogP contribution in [0.1, 0.15) is 80.9 Å². The summed E-state index contributed by atoms with van der Waals surface area (Å²) in [6.45, 7) is 2.31. The Bertz CT molecular complexity index is 1520. The van der Waals surface area contributed by atoms with Gasteiger partial charge in [-0.25, -0.2) is 0 Å². The van der Waals surface area contributed by atoms with Crippen LogP contribution in [0.3, 0.4) is 0 Å². The fraction of sp³-hybridized carbons (Fsp3) is 0.514. The molecule has 0 saturated heterocycles. The number of rotatable bonds is 19. The van der Waals surface area contributed by atoms with Gasteiger partial charge < -0.3 is 40.9 Å². The Balaban J connectivity index is 1.11. The second-order valence-electron chi connectivity index (χ2n) is 13.2. The third-order valence-corrected chi connectivity index (χ3v) is 9.84. The standard InChI is InChI=1S/C37H48ClN3O7/c1-23(7-3-2-6-17-40-36(47)35(46)34(45)33(44)31(43)22-42)24-10-13-30(38)25(19-24)20-41-37(15-16-37)29-21-39-18-14-27(29)28-8-4-5-9-32(28)48-26-11-12-26/h4-5,8-10,13-14,18-19,21,23,26,31,33-35,41-46H,2-3,6-7,11-12,15-17,20,22H2,1H3,(H,40,47)/t23?,31-,33+,34-,35-/m0/s1. The van der Waals surface area contributed by atoms with Crippen LogP contribution >= 0.6 is 11.6 Å². The summed E-state index contributed by atoms with van der Waals surface area (Å²) in [7, 11) is 0. The fourth-order valence-corrected chi connectivity index (χ4v) is 6.23. The Morgan fingerprint density at radius 1 is 1.02 bits per heavy atom. The molecule has 1 amide bonds. The molecule has 48 heavy (non-hydrogen) atoms. The summed E-state index contributed by atoms with van der Waals surface area (Å²) in [5.74, 6) is 0.376. The number of carbonyl (C=O) groups is 1. The van der Waals surface area contributed by atoms with Gasteiger partial charge in [-0.3, -0.25) is 9.78 Å². The minimum Gasteiger partial charge on any atom is -0.490 e. The van der Waals surface area contributed by atoms with Crippen LogP contribution in [0.4, 0.5) is 0 Å². The number of hydrogen-bond donors (Lipinski definition) is 7. The van der Waals surface area contributed by atoms with Crippen LogP contribution in [-0.4, -0.2) is 80.1 Å². The molecule has 5 rings (SSSR count). The molecule has 10 nitrogen and oxygen atoms in total. The van der Waals surface area contributed by atoms with Gasteiger partial charge in [0.25, 0.3) is 5.91 Å². The number of amides is 1. The first-order valence-electron chi connectivity index (χ1n) is 17.0. The highest BCUT2D eigenvalue weighted by Gasteiger charge is 2.46. The Hall–Kier alpha value is -3.09. The van der Waals surface area contributed by atoms with E-state index in [1.165, 1.54) is 11.1 Å². The minimum absolute atomic E-state index is 0.175. The lowest BCUT2D eigenvalue weighted by atomic mass is 9.93. The number of nitrogens with zero attached hydrogens (tertiary/aromatic N) is 1. The molecule has 1 unspecified atom stereocenters. The normalized spacial score (nSPS) is 18.4. The van der Waals surface area contributed by atoms with Crippen molar-refractivity contribution < 1.29 is 35.1 Å². The number of aliphatic hydroxyl groups is 5. The van der Waals surface area contributed by atoms with Gasteiger partial charge in [-0.15, -0.1) is 0 Å². The van der Waals surface area contributed by atoms with E-state index in [4.69, 9.17) is 21.4 Å². The van der Waals surface area contributed by atoms with Crippen LogP contribution in [0.5, 0.6) is 5.75 Å². The molecule has 7 N–H and O–H groups in total. The Labute approximate surface area is 287 Å². The average Bonchev–Trinajstić information content (AvgIpc) is 4.05. The van der Waals surface area contributed by atoms with Crippen LogP contribution < -0.4 is 15.4 Å². The average molecular weight is 682 g/mol. The van der Waals surface area contributed by atoms with Crippen LogP contribution in [0.15, 0.2) is 60.9 Å². The SMILES string of the molecule is CC(CCCCCNC(=O)[C@@H](O)[C@@H](O)[C@H](O)[C@@H](O)CO)c1ccc(Cl)c(CNC2(c3cnccc3-c3ccccc3OC3CC3)CC2)c1. The van der Waals surface area contributed by atoms with E-state index in [0.717, 1.165) is 72.4 Å². The highest BCUT2D eigenvalue weighted by Crippen LogP contribution is 2.50. The molecule has 2 aliphatic rings. The molecule has 2 fully saturated rings. The van der Waals surface area contributed by atoms with E-state index in [-0.39, 0.29) is 5.54 Å². The van der Waals surface area contributed by atoms with Crippen LogP contribution in [0, 0.1) is 0 Å². The number of nitrogens with one attached hydrogen (secondary N) is 2. The molecular formula is C37H48ClN3O7. The number of carbonyl (C=O) groups excluding carboxylic acids is 1. The summed E-state index contributed by atoms with van der Waals surface area (Å²) in [5.41, 5.74) is 5.50. The molecule has 260 valence electrons. The van der Waals surface area contributed by atoms with Crippen molar-refractivity contribution >= 4 is 17.5 Å². The molecular weight excluding hydrogens is 634 g/mol. The van der Waals surface area contributed by atoms with Crippen molar-refractivity contribution in [2.45, 2.75) is 107 Å². The van der Waals surface area contributed by atoms with Gasteiger partial charge >= 0.3 is 0 Å². The van der Waals surface area contributed by atoms with Gasteiger partial charge in [-0.2, -0.15) is 0 Å². The lowest BCUT2D eigenvalue weighted by Crippen LogP contribution is -2.51. The van der Waals surface area contributed by atoms with Gasteiger partial charge in [0.15, 0.2) is 6.10 Å². The highest BCUT2D eigenvalue weighted by atomic mass is 35.5. The maximum Gasteiger partial charge on any atom is 0.251 e. The molecule has 11 heteroatoms. The van der Waals surface area contributed by atoms with E-state index in [9.17, 15) is 25.2 Å². The molecule has 3 aromatic rings. The second-order valence-corrected chi connectivity index (χ2v) is 13.6. The van der Waals surface area contributed by atoms with Crippen molar-refractivity contribution in [1.29, 1.82) is 0 Å². The number of aromatic nitrogens is 1. The maximum absolute atomic E-state index is 12.1. The van der Waals surface area contributed by atoms with Gasteiger partial charge in [0.05, 0.1) is 12.7 Å². The smallest absolute Gasteiger partial charge is 0.251 e. The molecule has 5 atom stereocenters. The summed E-state index contributed by atoms with van der Waals surface area (Å²) >= 11 is 6.69. The largest absolute Gasteiger partial charge is 0.490 e. The highest BCUT2D eigenvalue weighted by molar-refractivity contribution is 6.31. The van der Waals surface area contributed by atoms with Crippen LogP contribution in [-0.2, 0) is 16.9 Å². The predicted octanol–water partition coefficient (Wildman–Crippen LogP) is 3.94. The lowest BCUT2D eigenvalue weighted by molar-refractivity contribution is -0.148. The van der Waals surface area contributed by atoms with Crippen molar-refractivity contribution in [3.05, 3.63) is 82.6 Å². The van der Waals surface area contributed by atoms with Gasteiger partial charge in [0.2, 0.25) is 0 Å². The summed E-state index contributed by atoms with van der Waals surface area (Å²) < 4.78 is 6.26. The topological polar surface area (TPSA) is 164 Å². The molecule has 0 bridgehead atoms. The predicted molar refractivity (Wildman–Crippen MR) is 184 cm³/mol. The Kier molecular flexibility index (Phi) is 12.5. The fourth-order valence-electron chi connectivity index (χ4n) is 6.05. The number of pyridine rings is 1. The first kappa shape index (κ1) is 36.2. The van der Waals surface area contributed by atoms with E-state index in [1.54, 1.807) is 0 Å². The van der Waals surface area contributed by atoms with E-state index in [2.05, 4.69) is 58.9 Å². The van der Waals surface area contributed by atoms with Crippen molar-refractivity contribution in [2.24, 2.45) is 0 Å². The summed E-state index contributed by atoms with van der Waals surface area (Å²) in [4.78, 5) is 16.6. The molecule has 1 aromatic heterocycles. The van der Waals surface area contributed by atoms with Crippen molar-refractivity contribution in [3.8, 4) is 16.9 Å². The molecule has 0 spiro atoms. The van der Waals surface area contributed by atoms with Crippen molar-refractivity contribution in [1.82, 2.24) is 15.6 Å². The third-order valence-electron chi connectivity index (χ3n) is 9.47. The molecule has 1 heterocycles. The number of unbranched alkanes of at least 4 members (excludes halogenated alkanes) is 2. The number of para-hydroxylation sites is 1. The van der Waals surface area contributed by atoms with Gasteiger partial charge in [-0.05, 0) is 84.9 Å². The number of ether oxygens (including phenoxy) is 1. The van der Waals surface area contributed by atoms with Gasteiger partial charge in [0, 0.05) is 41.6 Å². The van der Waals surface area contributed by atoms with Crippen molar-refractivity contribution in [3.63, 3.8) is 0 Å². The zero-order valence-corrected chi connectivity index (χ0v) is 28.1. The van der Waals surface area contributed by atoms with E-state index >= 15 is 0 Å². The third kappa shape index (κ3) is 9.12.